The summed E-state index contributed by atoms with van der Waals surface area (Å²) in [4.78, 5) is 37.6. The van der Waals surface area contributed by atoms with Crippen LogP contribution in [0.15, 0.2) is 0 Å². The molecule has 0 fully saturated rings. The highest BCUT2D eigenvalue weighted by atomic mass is 16.6. The third-order valence-electron chi connectivity index (χ3n) is 9.97. The van der Waals surface area contributed by atoms with E-state index in [4.69, 9.17) is 14.2 Å². The van der Waals surface area contributed by atoms with Crippen molar-refractivity contribution >= 4 is 17.9 Å². The smallest absolute Gasteiger partial charge is 0.306 e. The summed E-state index contributed by atoms with van der Waals surface area (Å²) in [5.74, 6) is 0.712. The summed E-state index contributed by atoms with van der Waals surface area (Å²) in [6.45, 7) is 11.2. The van der Waals surface area contributed by atoms with Crippen LogP contribution in [-0.4, -0.2) is 37.2 Å². The Labute approximate surface area is 317 Å². The van der Waals surface area contributed by atoms with E-state index < -0.39 is 6.10 Å². The van der Waals surface area contributed by atoms with Crippen molar-refractivity contribution in [3.8, 4) is 0 Å². The van der Waals surface area contributed by atoms with Crippen LogP contribution in [0.4, 0.5) is 0 Å². The van der Waals surface area contributed by atoms with E-state index in [0.717, 1.165) is 69.6 Å². The lowest BCUT2D eigenvalue weighted by Crippen LogP contribution is -2.30. The van der Waals surface area contributed by atoms with Gasteiger partial charge in [0.1, 0.15) is 13.2 Å². The van der Waals surface area contributed by atoms with Gasteiger partial charge in [0.25, 0.3) is 0 Å². The van der Waals surface area contributed by atoms with Crippen molar-refractivity contribution in [1.82, 2.24) is 0 Å². The van der Waals surface area contributed by atoms with Gasteiger partial charge < -0.3 is 14.2 Å². The molecule has 0 amide bonds. The van der Waals surface area contributed by atoms with Crippen LogP contribution in [0.3, 0.4) is 0 Å². The first-order valence-corrected chi connectivity index (χ1v) is 22.2. The molecule has 6 nitrogen and oxygen atoms in total. The number of carbonyl (C=O) groups excluding carboxylic acids is 3. The average Bonchev–Trinajstić information content (AvgIpc) is 3.09. The summed E-state index contributed by atoms with van der Waals surface area (Å²) in [5.41, 5.74) is 0. The molecule has 0 N–H and O–H groups in total. The Morgan fingerprint density at radius 1 is 0.373 bits per heavy atom. The molecule has 0 rings (SSSR count). The zero-order chi connectivity index (χ0) is 37.6. The van der Waals surface area contributed by atoms with Crippen LogP contribution in [0.5, 0.6) is 0 Å². The number of hydrogen-bond acceptors (Lipinski definition) is 6. The van der Waals surface area contributed by atoms with Crippen LogP contribution in [-0.2, 0) is 28.6 Å². The molecule has 0 aromatic carbocycles. The Kier molecular flexibility index (Phi) is 37.0. The molecule has 302 valence electrons. The molecule has 1 atom stereocenters. The molecule has 0 aromatic heterocycles. The van der Waals surface area contributed by atoms with Crippen molar-refractivity contribution in [2.45, 2.75) is 246 Å². The lowest BCUT2D eigenvalue weighted by Gasteiger charge is -2.18. The van der Waals surface area contributed by atoms with E-state index in [-0.39, 0.29) is 31.1 Å². The fourth-order valence-corrected chi connectivity index (χ4v) is 6.58. The molecule has 0 bridgehead atoms. The Balaban J connectivity index is 4.34. The summed E-state index contributed by atoms with van der Waals surface area (Å²) < 4.78 is 16.7. The molecule has 0 heterocycles. The van der Waals surface area contributed by atoms with E-state index in [9.17, 15) is 14.4 Å². The largest absolute Gasteiger partial charge is 0.462 e. The summed E-state index contributed by atoms with van der Waals surface area (Å²) in [7, 11) is 0. The molecule has 0 unspecified atom stereocenters. The van der Waals surface area contributed by atoms with E-state index in [0.29, 0.717) is 19.3 Å². The summed E-state index contributed by atoms with van der Waals surface area (Å²) >= 11 is 0. The summed E-state index contributed by atoms with van der Waals surface area (Å²) in [5, 5.41) is 0. The van der Waals surface area contributed by atoms with E-state index in [1.54, 1.807) is 0 Å². The van der Waals surface area contributed by atoms with Gasteiger partial charge >= 0.3 is 17.9 Å². The SMILES string of the molecule is CCCCCCCCCCCCCCC(=O)OC[C@H](COC(=O)CCCCCCCCCC(C)C)OC(=O)CCCCCCCCCCC(C)C. The predicted molar refractivity (Wildman–Crippen MR) is 215 cm³/mol. The number of unbranched alkanes of at least 4 members (excludes halogenated alkanes) is 24. The molecular formula is C45H86O6. The van der Waals surface area contributed by atoms with Gasteiger partial charge in [-0.05, 0) is 31.1 Å². The number of esters is 3. The quantitative estimate of drug-likeness (QED) is 0.0357. The van der Waals surface area contributed by atoms with Crippen molar-refractivity contribution in [3.63, 3.8) is 0 Å². The van der Waals surface area contributed by atoms with E-state index in [2.05, 4.69) is 34.6 Å². The monoisotopic (exact) mass is 723 g/mol. The predicted octanol–water partition coefficient (Wildman–Crippen LogP) is 13.8. The molecule has 51 heavy (non-hydrogen) atoms. The minimum atomic E-state index is -0.760. The Bertz CT molecular complexity index is 779. The molecular weight excluding hydrogens is 636 g/mol. The van der Waals surface area contributed by atoms with Crippen LogP contribution in [0.25, 0.3) is 0 Å². The highest BCUT2D eigenvalue weighted by Crippen LogP contribution is 2.16. The molecule has 0 aromatic rings. The molecule has 0 radical (unpaired) electrons. The highest BCUT2D eigenvalue weighted by molar-refractivity contribution is 5.71. The zero-order valence-corrected chi connectivity index (χ0v) is 34.7. The molecule has 0 saturated heterocycles. The fraction of sp³-hybridized carbons (Fsp3) is 0.933. The zero-order valence-electron chi connectivity index (χ0n) is 34.7. The molecule has 0 aliphatic heterocycles. The molecule has 6 heteroatoms. The van der Waals surface area contributed by atoms with Gasteiger partial charge in [-0.15, -0.1) is 0 Å². The van der Waals surface area contributed by atoms with Gasteiger partial charge in [0.2, 0.25) is 0 Å². The minimum Gasteiger partial charge on any atom is -0.462 e. The van der Waals surface area contributed by atoms with Crippen LogP contribution < -0.4 is 0 Å². The van der Waals surface area contributed by atoms with Crippen molar-refractivity contribution in [1.29, 1.82) is 0 Å². The van der Waals surface area contributed by atoms with Gasteiger partial charge in [-0.25, -0.2) is 0 Å². The van der Waals surface area contributed by atoms with Crippen LogP contribution in [0.2, 0.25) is 0 Å². The Hall–Kier alpha value is -1.59. The second-order valence-corrected chi connectivity index (χ2v) is 16.3. The van der Waals surface area contributed by atoms with Crippen molar-refractivity contribution in [2.75, 3.05) is 13.2 Å². The van der Waals surface area contributed by atoms with Crippen LogP contribution in [0.1, 0.15) is 240 Å². The Morgan fingerprint density at radius 2 is 0.647 bits per heavy atom. The maximum absolute atomic E-state index is 12.7. The third kappa shape index (κ3) is 39.5. The first kappa shape index (κ1) is 49.4. The lowest BCUT2D eigenvalue weighted by molar-refractivity contribution is -0.167. The summed E-state index contributed by atoms with van der Waals surface area (Å²) in [6.07, 6.45) is 35.2. The highest BCUT2D eigenvalue weighted by Gasteiger charge is 2.19. The lowest BCUT2D eigenvalue weighted by atomic mass is 10.0. The summed E-state index contributed by atoms with van der Waals surface area (Å²) in [6, 6.07) is 0. The molecule has 0 aliphatic carbocycles. The number of rotatable bonds is 39. The van der Waals surface area contributed by atoms with Crippen LogP contribution >= 0.6 is 0 Å². The van der Waals surface area contributed by atoms with Crippen molar-refractivity contribution in [2.24, 2.45) is 11.8 Å². The van der Waals surface area contributed by atoms with Crippen molar-refractivity contribution in [3.05, 3.63) is 0 Å². The van der Waals surface area contributed by atoms with Crippen molar-refractivity contribution < 1.29 is 28.6 Å². The molecule has 0 spiro atoms. The Morgan fingerprint density at radius 3 is 0.961 bits per heavy atom. The standard InChI is InChI=1S/C45H86O6/c1-6-7-8-9-10-11-12-13-14-20-25-30-35-43(46)49-38-42(39-50-44(47)36-31-26-22-17-19-24-29-34-41(4)5)51-45(48)37-32-27-21-16-15-18-23-28-33-40(2)3/h40-42H,6-39H2,1-5H3/t42-/m1/s1. The van der Waals surface area contributed by atoms with Gasteiger partial charge in [-0.1, -0.05) is 202 Å². The van der Waals surface area contributed by atoms with Crippen LogP contribution in [0, 0.1) is 11.8 Å². The van der Waals surface area contributed by atoms with Gasteiger partial charge in [0.15, 0.2) is 6.10 Å². The minimum absolute atomic E-state index is 0.0657. The molecule has 0 saturated carbocycles. The normalized spacial score (nSPS) is 12.1. The van der Waals surface area contributed by atoms with E-state index >= 15 is 0 Å². The number of ether oxygens (including phenoxy) is 3. The second-order valence-electron chi connectivity index (χ2n) is 16.3. The van der Waals surface area contributed by atoms with Gasteiger partial charge in [0.05, 0.1) is 0 Å². The second kappa shape index (κ2) is 38.1. The maximum Gasteiger partial charge on any atom is 0.306 e. The third-order valence-corrected chi connectivity index (χ3v) is 9.97. The van der Waals surface area contributed by atoms with E-state index in [1.165, 1.54) is 128 Å². The topological polar surface area (TPSA) is 78.9 Å². The van der Waals surface area contributed by atoms with E-state index in [1.807, 2.05) is 0 Å². The molecule has 0 aliphatic rings. The van der Waals surface area contributed by atoms with Gasteiger partial charge in [-0.3, -0.25) is 14.4 Å². The maximum atomic E-state index is 12.7. The number of carbonyl (C=O) groups is 3. The number of hydrogen-bond donors (Lipinski definition) is 0. The average molecular weight is 723 g/mol. The first-order chi connectivity index (χ1) is 24.7. The van der Waals surface area contributed by atoms with Gasteiger partial charge in [0, 0.05) is 19.3 Å². The first-order valence-electron chi connectivity index (χ1n) is 22.2. The van der Waals surface area contributed by atoms with Gasteiger partial charge in [-0.2, -0.15) is 0 Å². The fourth-order valence-electron chi connectivity index (χ4n) is 6.58.